The highest BCUT2D eigenvalue weighted by Gasteiger charge is 2.21. The summed E-state index contributed by atoms with van der Waals surface area (Å²) >= 11 is 1.77. The monoisotopic (exact) mass is 321 g/mol. The van der Waals surface area contributed by atoms with Gasteiger partial charge < -0.3 is 9.64 Å². The summed E-state index contributed by atoms with van der Waals surface area (Å²) in [5.74, 6) is 0.680. The number of nitrogens with zero attached hydrogens (tertiary/aromatic N) is 1. The van der Waals surface area contributed by atoms with E-state index in [0.29, 0.717) is 18.8 Å². The fraction of sp³-hybridized carbons (Fsp3) is 0.438. The maximum atomic E-state index is 12.1. The van der Waals surface area contributed by atoms with Gasteiger partial charge in [-0.15, -0.1) is 11.3 Å². The number of fused-ring (bicyclic) bond motifs is 1. The molecule has 21 heavy (non-hydrogen) atoms. The fourth-order valence-electron chi connectivity index (χ4n) is 2.13. The van der Waals surface area contributed by atoms with Crippen LogP contribution in [0.4, 0.5) is 4.79 Å². The molecule has 1 heterocycles. The normalized spacial score (nSPS) is 11.7. The van der Waals surface area contributed by atoms with Gasteiger partial charge in [-0.25, -0.2) is 4.79 Å². The van der Waals surface area contributed by atoms with Crippen LogP contribution in [0.3, 0.4) is 0 Å². The average Bonchev–Trinajstić information content (AvgIpc) is 2.85. The molecule has 0 N–H and O–H groups in total. The zero-order chi connectivity index (χ0) is 15.6. The molecule has 0 aliphatic heterocycles. The van der Waals surface area contributed by atoms with E-state index in [1.165, 1.54) is 9.89 Å². The number of hydrogen-bond donors (Lipinski definition) is 0. The molecular weight excluding hydrogens is 298 g/mol. The number of rotatable bonds is 4. The Morgan fingerprint density at radius 2 is 1.90 bits per heavy atom. The van der Waals surface area contributed by atoms with Crippen LogP contribution in [-0.4, -0.2) is 32.2 Å². The summed E-state index contributed by atoms with van der Waals surface area (Å²) in [5.41, 5.74) is 0. The van der Waals surface area contributed by atoms with Crippen molar-refractivity contribution >= 4 is 40.1 Å². The Bertz CT molecular complexity index is 641. The number of hydrogen-bond acceptors (Lipinski definition) is 3. The first kappa shape index (κ1) is 16.0. The summed E-state index contributed by atoms with van der Waals surface area (Å²) in [7, 11) is -1.35. The summed E-state index contributed by atoms with van der Waals surface area (Å²) in [6.07, 6.45) is -0.268. The molecule has 114 valence electrons. The zero-order valence-corrected chi connectivity index (χ0v) is 15.2. The van der Waals surface area contributed by atoms with E-state index >= 15 is 0 Å². The molecule has 1 aromatic carbocycles. The van der Waals surface area contributed by atoms with Crippen LogP contribution in [-0.2, 0) is 0 Å². The number of amides is 1. The Morgan fingerprint density at radius 1 is 1.24 bits per heavy atom. The highest BCUT2D eigenvalue weighted by molar-refractivity contribution is 7.31. The highest BCUT2D eigenvalue weighted by atomic mass is 32.1. The number of carbonyl (C=O) groups is 1. The zero-order valence-electron chi connectivity index (χ0n) is 13.4. The number of ether oxygens (including phenoxy) is 1. The molecule has 1 amide bonds. The minimum atomic E-state index is -1.35. The van der Waals surface area contributed by atoms with Crippen LogP contribution >= 0.6 is 11.3 Å². The van der Waals surface area contributed by atoms with Gasteiger partial charge in [0.05, 0.1) is 12.8 Å². The molecule has 2 aromatic rings. The quantitative estimate of drug-likeness (QED) is 0.786. The minimum Gasteiger partial charge on any atom is -0.409 e. The molecular formula is C16H23NO2SSi. The molecule has 0 fully saturated rings. The van der Waals surface area contributed by atoms with Gasteiger partial charge in [0.2, 0.25) is 0 Å². The van der Waals surface area contributed by atoms with Crippen molar-refractivity contribution < 1.29 is 9.53 Å². The van der Waals surface area contributed by atoms with Crippen molar-refractivity contribution in [3.8, 4) is 5.75 Å². The van der Waals surface area contributed by atoms with Gasteiger partial charge in [-0.2, -0.15) is 0 Å². The molecule has 0 aliphatic carbocycles. The second-order valence-electron chi connectivity index (χ2n) is 6.08. The van der Waals surface area contributed by atoms with E-state index in [-0.39, 0.29) is 6.09 Å². The average molecular weight is 322 g/mol. The maximum absolute atomic E-state index is 12.1. The van der Waals surface area contributed by atoms with Crippen LogP contribution in [0.1, 0.15) is 13.8 Å². The van der Waals surface area contributed by atoms with Crippen molar-refractivity contribution in [2.75, 3.05) is 13.1 Å². The van der Waals surface area contributed by atoms with Gasteiger partial charge >= 0.3 is 6.09 Å². The van der Waals surface area contributed by atoms with E-state index in [1.807, 2.05) is 26.0 Å². The molecule has 3 nitrogen and oxygen atoms in total. The van der Waals surface area contributed by atoms with Crippen LogP contribution in [0, 0.1) is 0 Å². The summed E-state index contributed by atoms with van der Waals surface area (Å²) < 4.78 is 8.12. The summed E-state index contributed by atoms with van der Waals surface area (Å²) in [4.78, 5) is 13.8. The van der Waals surface area contributed by atoms with Gasteiger partial charge in [-0.05, 0) is 35.9 Å². The van der Waals surface area contributed by atoms with Crippen molar-refractivity contribution in [3.05, 3.63) is 24.3 Å². The van der Waals surface area contributed by atoms with Crippen LogP contribution in [0.2, 0.25) is 19.6 Å². The van der Waals surface area contributed by atoms with Crippen molar-refractivity contribution in [1.82, 2.24) is 4.90 Å². The Kier molecular flexibility index (Phi) is 4.73. The fourth-order valence-corrected chi connectivity index (χ4v) is 5.11. The lowest BCUT2D eigenvalue weighted by Crippen LogP contribution is -2.34. The molecule has 0 unspecified atom stereocenters. The molecule has 0 radical (unpaired) electrons. The van der Waals surface area contributed by atoms with E-state index in [9.17, 15) is 4.79 Å². The lowest BCUT2D eigenvalue weighted by Gasteiger charge is -2.18. The Morgan fingerprint density at radius 3 is 2.48 bits per heavy atom. The van der Waals surface area contributed by atoms with Gasteiger partial charge in [0, 0.05) is 13.1 Å². The number of benzene rings is 1. The van der Waals surface area contributed by atoms with Crippen molar-refractivity contribution in [3.63, 3.8) is 0 Å². The highest BCUT2D eigenvalue weighted by Crippen LogP contribution is 2.31. The summed E-state index contributed by atoms with van der Waals surface area (Å²) in [6, 6.07) is 8.17. The summed E-state index contributed by atoms with van der Waals surface area (Å²) in [6.45, 7) is 12.2. The molecule has 0 spiro atoms. The molecule has 2 rings (SSSR count). The third-order valence-electron chi connectivity index (χ3n) is 3.47. The molecule has 1 aromatic heterocycles. The molecule has 0 aliphatic rings. The number of carbonyl (C=O) groups excluding carboxylic acids is 1. The molecule has 0 saturated heterocycles. The predicted octanol–water partition coefficient (Wildman–Crippen LogP) is 4.29. The third kappa shape index (κ3) is 3.47. The lowest BCUT2D eigenvalue weighted by molar-refractivity contribution is 0.158. The smallest absolute Gasteiger partial charge is 0.409 e. The van der Waals surface area contributed by atoms with Crippen molar-refractivity contribution in [2.24, 2.45) is 0 Å². The van der Waals surface area contributed by atoms with Crippen LogP contribution in [0.25, 0.3) is 10.1 Å². The topological polar surface area (TPSA) is 29.5 Å². The summed E-state index contributed by atoms with van der Waals surface area (Å²) in [5, 5.41) is 1.17. The van der Waals surface area contributed by atoms with E-state index < -0.39 is 8.07 Å². The van der Waals surface area contributed by atoms with Gasteiger partial charge in [0.25, 0.3) is 0 Å². The second kappa shape index (κ2) is 6.20. The second-order valence-corrected chi connectivity index (χ2v) is 12.5. The van der Waals surface area contributed by atoms with E-state index in [1.54, 1.807) is 16.2 Å². The van der Waals surface area contributed by atoms with E-state index in [2.05, 4.69) is 31.8 Å². The van der Waals surface area contributed by atoms with Crippen molar-refractivity contribution in [2.45, 2.75) is 33.5 Å². The standard InChI is InChI=1S/C16H23NO2SSi/c1-6-17(7-2)16(18)19-13-10-8-9-12-11-14(20-15(12)13)21(3,4)5/h8-11H,6-7H2,1-5H3. The van der Waals surface area contributed by atoms with Gasteiger partial charge in [0.1, 0.15) is 0 Å². The predicted molar refractivity (Wildman–Crippen MR) is 93.8 cm³/mol. The molecule has 5 heteroatoms. The first-order valence-corrected chi connectivity index (χ1v) is 11.7. The first-order valence-electron chi connectivity index (χ1n) is 7.36. The number of thiophene rings is 1. The lowest BCUT2D eigenvalue weighted by atomic mass is 10.2. The van der Waals surface area contributed by atoms with Gasteiger partial charge in [-0.3, -0.25) is 0 Å². The molecule has 0 bridgehead atoms. The molecule has 0 saturated carbocycles. The Hall–Kier alpha value is -1.33. The van der Waals surface area contributed by atoms with Crippen LogP contribution < -0.4 is 9.24 Å². The van der Waals surface area contributed by atoms with Crippen LogP contribution in [0.5, 0.6) is 5.75 Å². The van der Waals surface area contributed by atoms with E-state index in [4.69, 9.17) is 4.74 Å². The maximum Gasteiger partial charge on any atom is 0.415 e. The first-order chi connectivity index (χ1) is 9.86. The Labute approximate surface area is 131 Å². The third-order valence-corrected chi connectivity index (χ3v) is 8.21. The van der Waals surface area contributed by atoms with E-state index in [0.717, 1.165) is 4.70 Å². The van der Waals surface area contributed by atoms with Crippen molar-refractivity contribution in [1.29, 1.82) is 0 Å². The van der Waals surface area contributed by atoms with Gasteiger partial charge in [0.15, 0.2) is 5.75 Å². The SMILES string of the molecule is CCN(CC)C(=O)Oc1cccc2cc([Si](C)(C)C)sc12. The Balaban J connectivity index is 2.36. The minimum absolute atomic E-state index is 0.268. The van der Waals surface area contributed by atoms with Crippen LogP contribution in [0.15, 0.2) is 24.3 Å². The van der Waals surface area contributed by atoms with Gasteiger partial charge in [-0.1, -0.05) is 31.8 Å². The molecule has 0 atom stereocenters. The largest absolute Gasteiger partial charge is 0.415 e.